The monoisotopic (exact) mass is 229 g/mol. The van der Waals surface area contributed by atoms with Crippen LogP contribution in [0.1, 0.15) is 34.8 Å². The molecule has 0 spiro atoms. The topological polar surface area (TPSA) is 78.9 Å². The molecule has 1 aliphatic carbocycles. The van der Waals surface area contributed by atoms with E-state index in [0.717, 1.165) is 18.4 Å². The standard InChI is InChI=1S/C12H11N3O2/c16-10(17)9-13-11(15-14-9)12(6-7-12)8-4-2-1-3-5-8/h1-5H,6-7H2,(H,16,17)(H,13,14,15). The van der Waals surface area contributed by atoms with Gasteiger partial charge >= 0.3 is 5.97 Å². The largest absolute Gasteiger partial charge is 0.475 e. The number of benzene rings is 1. The number of H-pyrrole nitrogens is 1. The van der Waals surface area contributed by atoms with E-state index in [-0.39, 0.29) is 11.2 Å². The molecule has 0 aliphatic heterocycles. The molecule has 1 aromatic carbocycles. The second-order valence-electron chi connectivity index (χ2n) is 4.26. The quantitative estimate of drug-likeness (QED) is 0.837. The van der Waals surface area contributed by atoms with Crippen molar-refractivity contribution in [2.75, 3.05) is 0 Å². The molecule has 17 heavy (non-hydrogen) atoms. The summed E-state index contributed by atoms with van der Waals surface area (Å²) < 4.78 is 0. The molecule has 3 rings (SSSR count). The molecule has 0 atom stereocenters. The number of aromatic amines is 1. The first-order chi connectivity index (χ1) is 8.22. The van der Waals surface area contributed by atoms with E-state index in [1.807, 2.05) is 30.3 Å². The molecule has 0 radical (unpaired) electrons. The molecule has 1 heterocycles. The van der Waals surface area contributed by atoms with E-state index < -0.39 is 5.97 Å². The lowest BCUT2D eigenvalue weighted by atomic mass is 9.95. The number of hydrogen-bond acceptors (Lipinski definition) is 3. The Bertz CT molecular complexity index is 558. The van der Waals surface area contributed by atoms with Crippen molar-refractivity contribution in [2.24, 2.45) is 0 Å². The van der Waals surface area contributed by atoms with Gasteiger partial charge in [0.2, 0.25) is 0 Å². The van der Waals surface area contributed by atoms with Crippen LogP contribution in [0.15, 0.2) is 30.3 Å². The Hall–Kier alpha value is -2.17. The van der Waals surface area contributed by atoms with Crippen LogP contribution in [-0.2, 0) is 5.41 Å². The lowest BCUT2D eigenvalue weighted by Gasteiger charge is -2.11. The minimum atomic E-state index is -1.10. The highest BCUT2D eigenvalue weighted by molar-refractivity contribution is 5.82. The molecule has 5 heteroatoms. The molecule has 0 amide bonds. The summed E-state index contributed by atoms with van der Waals surface area (Å²) in [5, 5.41) is 15.3. The Labute approximate surface area is 97.5 Å². The minimum absolute atomic E-state index is 0.151. The number of carbonyl (C=O) groups is 1. The number of hydrogen-bond donors (Lipinski definition) is 2. The first kappa shape index (κ1) is 10.0. The summed E-state index contributed by atoms with van der Waals surface area (Å²) in [5.74, 6) is -0.611. The summed E-state index contributed by atoms with van der Waals surface area (Å²) in [7, 11) is 0. The Morgan fingerprint density at radius 1 is 1.29 bits per heavy atom. The van der Waals surface area contributed by atoms with Crippen LogP contribution in [-0.4, -0.2) is 26.3 Å². The SMILES string of the molecule is O=C(O)c1n[nH]c(C2(c3ccccc3)CC2)n1. The third-order valence-corrected chi connectivity index (χ3v) is 3.21. The van der Waals surface area contributed by atoms with E-state index >= 15 is 0 Å². The molecule has 1 saturated carbocycles. The van der Waals surface area contributed by atoms with Gasteiger partial charge in [0.25, 0.3) is 5.82 Å². The number of nitrogens with one attached hydrogen (secondary N) is 1. The van der Waals surface area contributed by atoms with Gasteiger partial charge in [-0.3, -0.25) is 5.10 Å². The Balaban J connectivity index is 2.01. The maximum Gasteiger partial charge on any atom is 0.375 e. The summed E-state index contributed by atoms with van der Waals surface area (Å²) in [6.07, 6.45) is 1.95. The van der Waals surface area contributed by atoms with E-state index in [1.165, 1.54) is 0 Å². The summed E-state index contributed by atoms with van der Waals surface area (Å²) in [6, 6.07) is 9.99. The van der Waals surface area contributed by atoms with Crippen molar-refractivity contribution in [3.63, 3.8) is 0 Å². The molecular formula is C12H11N3O2. The maximum absolute atomic E-state index is 10.8. The summed E-state index contributed by atoms with van der Waals surface area (Å²) in [4.78, 5) is 14.8. The van der Waals surface area contributed by atoms with Gasteiger partial charge in [-0.1, -0.05) is 30.3 Å². The van der Waals surface area contributed by atoms with E-state index in [2.05, 4.69) is 15.2 Å². The van der Waals surface area contributed by atoms with Gasteiger partial charge in [0.15, 0.2) is 0 Å². The van der Waals surface area contributed by atoms with E-state index in [1.54, 1.807) is 0 Å². The van der Waals surface area contributed by atoms with Crippen molar-refractivity contribution in [1.82, 2.24) is 15.2 Å². The van der Waals surface area contributed by atoms with E-state index in [9.17, 15) is 4.79 Å². The van der Waals surface area contributed by atoms with Crippen molar-refractivity contribution in [3.8, 4) is 0 Å². The van der Waals surface area contributed by atoms with Crippen LogP contribution in [0.4, 0.5) is 0 Å². The Kier molecular flexibility index (Phi) is 2.01. The fraction of sp³-hybridized carbons (Fsp3) is 0.250. The highest BCUT2D eigenvalue weighted by Crippen LogP contribution is 2.51. The van der Waals surface area contributed by atoms with Crippen LogP contribution in [0, 0.1) is 0 Å². The van der Waals surface area contributed by atoms with Crippen LogP contribution in [0.25, 0.3) is 0 Å². The lowest BCUT2D eigenvalue weighted by Crippen LogP contribution is -2.11. The van der Waals surface area contributed by atoms with Crippen LogP contribution >= 0.6 is 0 Å². The predicted octanol–water partition coefficient (Wildman–Crippen LogP) is 1.58. The molecule has 2 N–H and O–H groups in total. The van der Waals surface area contributed by atoms with Crippen molar-refractivity contribution >= 4 is 5.97 Å². The zero-order chi connectivity index (χ0) is 11.9. The lowest BCUT2D eigenvalue weighted by molar-refractivity contribution is 0.0684. The van der Waals surface area contributed by atoms with Crippen LogP contribution < -0.4 is 0 Å². The maximum atomic E-state index is 10.8. The van der Waals surface area contributed by atoms with E-state index in [0.29, 0.717) is 5.82 Å². The molecule has 0 bridgehead atoms. The number of nitrogens with zero attached hydrogens (tertiary/aromatic N) is 2. The molecule has 1 aliphatic rings. The second kappa shape index (κ2) is 3.41. The van der Waals surface area contributed by atoms with Gasteiger partial charge in [-0.2, -0.15) is 0 Å². The zero-order valence-electron chi connectivity index (χ0n) is 9.05. The minimum Gasteiger partial charge on any atom is -0.475 e. The normalized spacial score (nSPS) is 16.7. The smallest absolute Gasteiger partial charge is 0.375 e. The summed E-state index contributed by atoms with van der Waals surface area (Å²) in [6.45, 7) is 0. The van der Waals surface area contributed by atoms with Crippen LogP contribution in [0.5, 0.6) is 0 Å². The Morgan fingerprint density at radius 2 is 2.00 bits per heavy atom. The zero-order valence-corrected chi connectivity index (χ0v) is 9.05. The molecule has 86 valence electrons. The summed E-state index contributed by atoms with van der Waals surface area (Å²) in [5.41, 5.74) is 1.01. The Morgan fingerprint density at radius 3 is 2.53 bits per heavy atom. The number of carboxylic acid groups (broad SMARTS) is 1. The van der Waals surface area contributed by atoms with Gasteiger partial charge in [0, 0.05) is 0 Å². The molecule has 1 fully saturated rings. The molecule has 1 aromatic heterocycles. The highest BCUT2D eigenvalue weighted by Gasteiger charge is 2.48. The number of rotatable bonds is 3. The number of carboxylic acids is 1. The molecule has 0 unspecified atom stereocenters. The van der Waals surface area contributed by atoms with Crippen molar-refractivity contribution in [1.29, 1.82) is 0 Å². The fourth-order valence-corrected chi connectivity index (χ4v) is 2.12. The second-order valence-corrected chi connectivity index (χ2v) is 4.26. The van der Waals surface area contributed by atoms with Crippen molar-refractivity contribution < 1.29 is 9.90 Å². The van der Waals surface area contributed by atoms with Gasteiger partial charge in [-0.15, -0.1) is 5.10 Å². The molecule has 0 saturated heterocycles. The average molecular weight is 229 g/mol. The third-order valence-electron chi connectivity index (χ3n) is 3.21. The van der Waals surface area contributed by atoms with Gasteiger partial charge < -0.3 is 5.11 Å². The fourth-order valence-electron chi connectivity index (χ4n) is 2.12. The van der Waals surface area contributed by atoms with Crippen LogP contribution in [0.3, 0.4) is 0 Å². The number of aromatic nitrogens is 3. The van der Waals surface area contributed by atoms with E-state index in [4.69, 9.17) is 5.11 Å². The van der Waals surface area contributed by atoms with Gasteiger partial charge in [0.1, 0.15) is 5.82 Å². The third kappa shape index (κ3) is 1.51. The average Bonchev–Trinajstić information content (AvgIpc) is 3.00. The van der Waals surface area contributed by atoms with Crippen molar-refractivity contribution in [2.45, 2.75) is 18.3 Å². The van der Waals surface area contributed by atoms with Gasteiger partial charge in [-0.05, 0) is 18.4 Å². The first-order valence-electron chi connectivity index (χ1n) is 5.44. The number of aromatic carboxylic acids is 1. The molecule has 2 aromatic rings. The predicted molar refractivity (Wildman–Crippen MR) is 59.8 cm³/mol. The van der Waals surface area contributed by atoms with Crippen LogP contribution in [0.2, 0.25) is 0 Å². The highest BCUT2D eigenvalue weighted by atomic mass is 16.4. The van der Waals surface area contributed by atoms with Gasteiger partial charge in [-0.25, -0.2) is 9.78 Å². The van der Waals surface area contributed by atoms with Gasteiger partial charge in [0.05, 0.1) is 5.41 Å². The molecular weight excluding hydrogens is 218 g/mol. The van der Waals surface area contributed by atoms with Crippen molar-refractivity contribution in [3.05, 3.63) is 47.5 Å². The first-order valence-corrected chi connectivity index (χ1v) is 5.44. The molecule has 5 nitrogen and oxygen atoms in total. The summed E-state index contributed by atoms with van der Waals surface area (Å²) >= 11 is 0.